The lowest BCUT2D eigenvalue weighted by atomic mass is 9.47. The summed E-state index contributed by atoms with van der Waals surface area (Å²) >= 11 is 0. The fraction of sp³-hybridized carbons (Fsp3) is 0.700. The van der Waals surface area contributed by atoms with Gasteiger partial charge in [-0.3, -0.25) is 4.79 Å². The number of carbonyl (C=O) groups excluding carboxylic acids is 1. The second kappa shape index (κ2) is 7.97. The molecule has 0 N–H and O–H groups in total. The van der Waals surface area contributed by atoms with Gasteiger partial charge in [0, 0.05) is 19.0 Å². The fourth-order valence-corrected chi connectivity index (χ4v) is 9.52. The Balaban J connectivity index is 1.16. The van der Waals surface area contributed by atoms with Crippen molar-refractivity contribution in [3.05, 3.63) is 47.5 Å². The van der Waals surface area contributed by atoms with Crippen LogP contribution in [0.4, 0.5) is 0 Å². The first-order valence-corrected chi connectivity index (χ1v) is 13.5. The molecule has 1 saturated heterocycles. The summed E-state index contributed by atoms with van der Waals surface area (Å²) in [5.41, 5.74) is 3.57. The van der Waals surface area contributed by atoms with Crippen molar-refractivity contribution in [3.63, 3.8) is 0 Å². The van der Waals surface area contributed by atoms with Crippen LogP contribution in [0, 0.1) is 34.5 Å². The molecule has 3 heteroatoms. The zero-order valence-electron chi connectivity index (χ0n) is 20.8. The number of likely N-dealkylation sites (tertiary alicyclic amines) is 1. The average Bonchev–Trinajstić information content (AvgIpc) is 3.28. The number of rotatable bonds is 3. The third-order valence-electron chi connectivity index (χ3n) is 11.2. The molecule has 4 fully saturated rings. The van der Waals surface area contributed by atoms with E-state index >= 15 is 0 Å². The lowest BCUT2D eigenvalue weighted by Crippen LogP contribution is -2.51. The van der Waals surface area contributed by atoms with Gasteiger partial charge in [-0.1, -0.05) is 48.9 Å². The number of allylic oxidation sites excluding steroid dienone is 1. The van der Waals surface area contributed by atoms with Crippen molar-refractivity contribution < 1.29 is 9.53 Å². The van der Waals surface area contributed by atoms with Crippen molar-refractivity contribution in [1.29, 1.82) is 0 Å². The second-order valence-electron chi connectivity index (χ2n) is 12.4. The standard InChI is InChI=1S/C30H41NO2/c1-20-25-11-12-27-24-10-9-22-18-23(33-28(32)17-21-7-5-4-6-8-21)13-15-29(22,2)26(24)14-16-30(25,27)19-31(20)3/h4-9,20,23-27H,10-19H2,1-3H3/t20-,23-,24+,25+,26-,27-,29-,30-/m0/s1. The highest BCUT2D eigenvalue weighted by atomic mass is 16.5. The molecule has 1 heterocycles. The Kier molecular flexibility index (Phi) is 5.29. The van der Waals surface area contributed by atoms with Crippen LogP contribution in [-0.2, 0) is 16.0 Å². The van der Waals surface area contributed by atoms with Crippen molar-refractivity contribution in [3.8, 4) is 0 Å². The lowest BCUT2D eigenvalue weighted by molar-refractivity contribution is -0.150. The quantitative estimate of drug-likeness (QED) is 0.418. The minimum Gasteiger partial charge on any atom is -0.462 e. The zero-order chi connectivity index (χ0) is 22.8. The van der Waals surface area contributed by atoms with Crippen LogP contribution in [-0.4, -0.2) is 36.6 Å². The van der Waals surface area contributed by atoms with Gasteiger partial charge in [0.15, 0.2) is 0 Å². The molecule has 3 nitrogen and oxygen atoms in total. The van der Waals surface area contributed by atoms with Gasteiger partial charge in [-0.15, -0.1) is 0 Å². The highest BCUT2D eigenvalue weighted by molar-refractivity contribution is 5.72. The van der Waals surface area contributed by atoms with Gasteiger partial charge in [0.1, 0.15) is 6.10 Å². The van der Waals surface area contributed by atoms with Crippen LogP contribution >= 0.6 is 0 Å². The first-order chi connectivity index (χ1) is 15.9. The molecule has 6 rings (SSSR count). The van der Waals surface area contributed by atoms with Crippen LogP contribution in [0.5, 0.6) is 0 Å². The number of hydrogen-bond acceptors (Lipinski definition) is 3. The van der Waals surface area contributed by atoms with Crippen molar-refractivity contribution in [2.75, 3.05) is 13.6 Å². The second-order valence-corrected chi connectivity index (χ2v) is 12.4. The molecule has 0 radical (unpaired) electrons. The van der Waals surface area contributed by atoms with E-state index < -0.39 is 0 Å². The number of nitrogens with zero attached hydrogens (tertiary/aromatic N) is 1. The normalized spacial score (nSPS) is 44.3. The van der Waals surface area contributed by atoms with Crippen molar-refractivity contribution in [2.45, 2.75) is 83.8 Å². The van der Waals surface area contributed by atoms with Crippen LogP contribution in [0.25, 0.3) is 0 Å². The monoisotopic (exact) mass is 447 g/mol. The molecular formula is C30H41NO2. The third kappa shape index (κ3) is 3.36. The van der Waals surface area contributed by atoms with Gasteiger partial charge >= 0.3 is 5.97 Å². The maximum atomic E-state index is 12.6. The van der Waals surface area contributed by atoms with Crippen LogP contribution < -0.4 is 0 Å². The molecule has 0 amide bonds. The molecule has 1 aromatic carbocycles. The topological polar surface area (TPSA) is 29.5 Å². The van der Waals surface area contributed by atoms with E-state index in [1.807, 2.05) is 30.3 Å². The molecule has 33 heavy (non-hydrogen) atoms. The smallest absolute Gasteiger partial charge is 0.310 e. The summed E-state index contributed by atoms with van der Waals surface area (Å²) in [6.07, 6.45) is 13.2. The summed E-state index contributed by atoms with van der Waals surface area (Å²) in [7, 11) is 2.36. The van der Waals surface area contributed by atoms with Crippen LogP contribution in [0.2, 0.25) is 0 Å². The molecule has 0 bridgehead atoms. The molecule has 178 valence electrons. The average molecular weight is 448 g/mol. The minimum atomic E-state index is -0.0693. The molecule has 1 aliphatic heterocycles. The third-order valence-corrected chi connectivity index (χ3v) is 11.2. The minimum absolute atomic E-state index is 0.0622. The summed E-state index contributed by atoms with van der Waals surface area (Å²) in [6, 6.07) is 10.7. The SMILES string of the molecule is C[C@H]1[C@H]2CC[C@H]3[C@@H]4CC=C5C[C@@H](OC(=O)Cc6ccccc6)CC[C@]5(C)[C@H]4CC[C@]23CN1C. The van der Waals surface area contributed by atoms with Gasteiger partial charge in [0.05, 0.1) is 6.42 Å². The van der Waals surface area contributed by atoms with E-state index in [1.54, 1.807) is 5.57 Å². The van der Waals surface area contributed by atoms with Crippen molar-refractivity contribution in [1.82, 2.24) is 4.90 Å². The van der Waals surface area contributed by atoms with Gasteiger partial charge in [0.25, 0.3) is 0 Å². The Bertz CT molecular complexity index is 940. The summed E-state index contributed by atoms with van der Waals surface area (Å²) in [5, 5.41) is 0. The largest absolute Gasteiger partial charge is 0.462 e. The first kappa shape index (κ1) is 21.9. The van der Waals surface area contributed by atoms with E-state index in [0.717, 1.165) is 48.1 Å². The molecule has 4 aliphatic carbocycles. The van der Waals surface area contributed by atoms with E-state index in [-0.39, 0.29) is 12.1 Å². The van der Waals surface area contributed by atoms with Gasteiger partial charge in [-0.2, -0.15) is 0 Å². The van der Waals surface area contributed by atoms with Crippen LogP contribution in [0.15, 0.2) is 42.0 Å². The number of benzene rings is 1. The summed E-state index contributed by atoms with van der Waals surface area (Å²) < 4.78 is 5.99. The van der Waals surface area contributed by atoms with E-state index in [2.05, 4.69) is 31.9 Å². The summed E-state index contributed by atoms with van der Waals surface area (Å²) in [4.78, 5) is 15.3. The lowest BCUT2D eigenvalue weighted by Gasteiger charge is -2.58. The molecule has 3 saturated carbocycles. The molecule has 5 aliphatic rings. The van der Waals surface area contributed by atoms with Crippen molar-refractivity contribution in [2.24, 2.45) is 34.5 Å². The predicted molar refractivity (Wildman–Crippen MR) is 132 cm³/mol. The molecule has 0 unspecified atom stereocenters. The number of carbonyl (C=O) groups is 1. The van der Waals surface area contributed by atoms with Gasteiger partial charge in [-0.25, -0.2) is 0 Å². The van der Waals surface area contributed by atoms with E-state index in [1.165, 1.54) is 45.1 Å². The number of fused-ring (bicyclic) bond motifs is 4. The summed E-state index contributed by atoms with van der Waals surface area (Å²) in [6.45, 7) is 6.37. The van der Waals surface area contributed by atoms with Gasteiger partial charge in [0.2, 0.25) is 0 Å². The number of hydrogen-bond donors (Lipinski definition) is 0. The number of esters is 1. The Morgan fingerprint density at radius 1 is 1.06 bits per heavy atom. The molecular weight excluding hydrogens is 406 g/mol. The number of ether oxygens (including phenoxy) is 1. The molecule has 1 aromatic rings. The fourth-order valence-electron chi connectivity index (χ4n) is 9.52. The maximum absolute atomic E-state index is 12.6. The zero-order valence-corrected chi connectivity index (χ0v) is 20.8. The first-order valence-electron chi connectivity index (χ1n) is 13.5. The highest BCUT2D eigenvalue weighted by Gasteiger charge is 2.64. The Labute approximate surface area is 200 Å². The van der Waals surface area contributed by atoms with Crippen molar-refractivity contribution >= 4 is 5.97 Å². The highest BCUT2D eigenvalue weighted by Crippen LogP contribution is 2.68. The van der Waals surface area contributed by atoms with Gasteiger partial charge < -0.3 is 9.64 Å². The Morgan fingerprint density at radius 2 is 1.85 bits per heavy atom. The molecule has 8 atom stereocenters. The van der Waals surface area contributed by atoms with Crippen LogP contribution in [0.3, 0.4) is 0 Å². The Morgan fingerprint density at radius 3 is 2.67 bits per heavy atom. The summed E-state index contributed by atoms with van der Waals surface area (Å²) in [5.74, 6) is 3.47. The van der Waals surface area contributed by atoms with E-state index in [4.69, 9.17) is 4.74 Å². The maximum Gasteiger partial charge on any atom is 0.310 e. The Hall–Kier alpha value is -1.61. The van der Waals surface area contributed by atoms with Crippen LogP contribution in [0.1, 0.15) is 70.8 Å². The van der Waals surface area contributed by atoms with E-state index in [0.29, 0.717) is 17.3 Å². The van der Waals surface area contributed by atoms with Gasteiger partial charge in [-0.05, 0) is 99.0 Å². The van der Waals surface area contributed by atoms with E-state index in [9.17, 15) is 4.79 Å². The molecule has 0 aromatic heterocycles. The predicted octanol–water partition coefficient (Wildman–Crippen LogP) is 6.03. The molecule has 1 spiro atoms.